The molecule has 0 aliphatic rings. The molecule has 0 aliphatic heterocycles. The Kier molecular flexibility index (Phi) is 7.66. The summed E-state index contributed by atoms with van der Waals surface area (Å²) in [5.41, 5.74) is 3.23. The Balaban J connectivity index is 1.44. The Morgan fingerprint density at radius 2 is 1.74 bits per heavy atom. The van der Waals surface area contributed by atoms with Gasteiger partial charge in [0.05, 0.1) is 5.69 Å². The molecule has 1 aromatic carbocycles. The maximum Gasteiger partial charge on any atom is 0.350 e. The third kappa shape index (κ3) is 6.85. The van der Waals surface area contributed by atoms with Crippen LogP contribution in [-0.2, 0) is 16.1 Å². The molecular weight excluding hydrogens is 414 g/mol. The normalized spacial score (nSPS) is 10.5. The van der Waals surface area contributed by atoms with Crippen LogP contribution in [0.3, 0.4) is 0 Å². The minimum Gasteiger partial charge on any atom is -0.457 e. The number of amides is 1. The summed E-state index contributed by atoms with van der Waals surface area (Å²) in [5, 5.41) is 6.26. The monoisotopic (exact) mass is 439 g/mol. The van der Waals surface area contributed by atoms with E-state index in [-0.39, 0.29) is 12.5 Å². The molecule has 0 aliphatic carbocycles. The van der Waals surface area contributed by atoms with Gasteiger partial charge in [-0.15, -0.1) is 0 Å². The molecular formula is C22H25N5O3S. The zero-order valence-corrected chi connectivity index (χ0v) is 18.6. The summed E-state index contributed by atoms with van der Waals surface area (Å²) in [6, 6.07) is 11.4. The molecule has 9 heteroatoms. The molecule has 0 fully saturated rings. The SMILES string of the molecule is Cc1cc(C)nc(NCCCC(=O)Nc2nc(C)c(C(=O)OCc3ccccc3)s2)n1. The molecule has 0 saturated carbocycles. The number of rotatable bonds is 9. The minimum atomic E-state index is -0.447. The number of benzene rings is 1. The molecule has 1 amide bonds. The molecule has 2 heterocycles. The number of aryl methyl sites for hydroxylation is 3. The number of carbonyl (C=O) groups excluding carboxylic acids is 2. The van der Waals surface area contributed by atoms with E-state index >= 15 is 0 Å². The minimum absolute atomic E-state index is 0.166. The molecule has 0 unspecified atom stereocenters. The van der Waals surface area contributed by atoms with Crippen LogP contribution >= 0.6 is 11.3 Å². The van der Waals surface area contributed by atoms with Gasteiger partial charge in [0.1, 0.15) is 11.5 Å². The molecule has 2 N–H and O–H groups in total. The van der Waals surface area contributed by atoms with Crippen LogP contribution in [0.5, 0.6) is 0 Å². The lowest BCUT2D eigenvalue weighted by Crippen LogP contribution is -2.14. The highest BCUT2D eigenvalue weighted by molar-refractivity contribution is 7.17. The summed E-state index contributed by atoms with van der Waals surface area (Å²) < 4.78 is 5.35. The highest BCUT2D eigenvalue weighted by Crippen LogP contribution is 2.24. The van der Waals surface area contributed by atoms with Crippen LogP contribution in [-0.4, -0.2) is 33.4 Å². The summed E-state index contributed by atoms with van der Waals surface area (Å²) >= 11 is 1.12. The van der Waals surface area contributed by atoms with E-state index in [1.165, 1.54) is 0 Å². The van der Waals surface area contributed by atoms with E-state index in [2.05, 4.69) is 25.6 Å². The fourth-order valence-corrected chi connectivity index (χ4v) is 3.74. The molecule has 0 atom stereocenters. The van der Waals surface area contributed by atoms with Gasteiger partial charge >= 0.3 is 5.97 Å². The van der Waals surface area contributed by atoms with Crippen LogP contribution in [0.4, 0.5) is 11.1 Å². The summed E-state index contributed by atoms with van der Waals surface area (Å²) in [5.74, 6) is -0.0507. The van der Waals surface area contributed by atoms with Gasteiger partial charge in [0, 0.05) is 24.4 Å². The summed E-state index contributed by atoms with van der Waals surface area (Å²) in [6.07, 6.45) is 0.919. The van der Waals surface area contributed by atoms with Crippen LogP contribution in [0.15, 0.2) is 36.4 Å². The van der Waals surface area contributed by atoms with Gasteiger partial charge in [0.2, 0.25) is 11.9 Å². The number of ether oxygens (including phenoxy) is 1. The van der Waals surface area contributed by atoms with Gasteiger partial charge in [-0.3, -0.25) is 4.79 Å². The molecule has 2 aromatic heterocycles. The van der Waals surface area contributed by atoms with Crippen molar-refractivity contribution in [2.24, 2.45) is 0 Å². The van der Waals surface area contributed by atoms with Gasteiger partial charge in [-0.1, -0.05) is 41.7 Å². The number of esters is 1. The lowest BCUT2D eigenvalue weighted by atomic mass is 10.2. The van der Waals surface area contributed by atoms with Gasteiger partial charge in [-0.2, -0.15) is 0 Å². The Morgan fingerprint density at radius 3 is 2.45 bits per heavy atom. The standard InChI is InChI=1S/C22H25N5O3S/c1-14-12-15(2)25-21(24-14)23-11-7-10-18(28)27-22-26-16(3)19(31-22)20(29)30-13-17-8-5-4-6-9-17/h4-6,8-9,12H,7,10-11,13H2,1-3H3,(H,23,24,25)(H,26,27,28). The van der Waals surface area contributed by atoms with Gasteiger partial charge < -0.3 is 15.4 Å². The number of hydrogen-bond donors (Lipinski definition) is 2. The molecule has 31 heavy (non-hydrogen) atoms. The first-order chi connectivity index (χ1) is 14.9. The lowest BCUT2D eigenvalue weighted by Gasteiger charge is -2.06. The molecule has 0 saturated heterocycles. The van der Waals surface area contributed by atoms with Gasteiger partial charge in [-0.25, -0.2) is 19.7 Å². The topological polar surface area (TPSA) is 106 Å². The van der Waals surface area contributed by atoms with Crippen LogP contribution < -0.4 is 10.6 Å². The Labute approximate surface area is 185 Å². The van der Waals surface area contributed by atoms with Crippen LogP contribution in [0.25, 0.3) is 0 Å². The molecule has 162 valence electrons. The van der Waals surface area contributed by atoms with E-state index in [0.29, 0.717) is 41.0 Å². The van der Waals surface area contributed by atoms with Crippen molar-refractivity contribution < 1.29 is 14.3 Å². The maximum atomic E-state index is 12.3. The van der Waals surface area contributed by atoms with E-state index in [9.17, 15) is 9.59 Å². The van der Waals surface area contributed by atoms with Gasteiger partial charge in [0.25, 0.3) is 0 Å². The summed E-state index contributed by atoms with van der Waals surface area (Å²) in [4.78, 5) is 37.8. The second kappa shape index (κ2) is 10.6. The third-order valence-corrected chi connectivity index (χ3v) is 5.34. The number of nitrogens with one attached hydrogen (secondary N) is 2. The van der Waals surface area contributed by atoms with Crippen molar-refractivity contribution in [1.82, 2.24) is 15.0 Å². The first-order valence-corrected chi connectivity index (χ1v) is 10.8. The van der Waals surface area contributed by atoms with Crippen molar-refractivity contribution in [3.05, 3.63) is 63.9 Å². The van der Waals surface area contributed by atoms with Gasteiger partial charge in [0.15, 0.2) is 5.13 Å². The maximum absolute atomic E-state index is 12.3. The highest BCUT2D eigenvalue weighted by Gasteiger charge is 2.18. The van der Waals surface area contributed by atoms with E-state index in [1.807, 2.05) is 50.2 Å². The van der Waals surface area contributed by atoms with E-state index in [0.717, 1.165) is 28.3 Å². The zero-order valence-electron chi connectivity index (χ0n) is 17.8. The Hall–Kier alpha value is -3.33. The summed E-state index contributed by atoms with van der Waals surface area (Å²) in [7, 11) is 0. The first-order valence-electron chi connectivity index (χ1n) is 9.95. The highest BCUT2D eigenvalue weighted by atomic mass is 32.1. The first kappa shape index (κ1) is 22.4. The van der Waals surface area contributed by atoms with E-state index in [1.54, 1.807) is 6.92 Å². The number of aromatic nitrogens is 3. The second-order valence-corrected chi connectivity index (χ2v) is 8.05. The number of carbonyl (C=O) groups is 2. The van der Waals surface area contributed by atoms with Gasteiger partial charge in [-0.05, 0) is 38.8 Å². The predicted molar refractivity (Wildman–Crippen MR) is 120 cm³/mol. The van der Waals surface area contributed by atoms with Crippen molar-refractivity contribution in [3.8, 4) is 0 Å². The van der Waals surface area contributed by atoms with Crippen LogP contribution in [0.2, 0.25) is 0 Å². The Morgan fingerprint density at radius 1 is 1.03 bits per heavy atom. The van der Waals surface area contributed by atoms with Crippen molar-refractivity contribution >= 4 is 34.3 Å². The smallest absolute Gasteiger partial charge is 0.350 e. The number of anilines is 2. The van der Waals surface area contributed by atoms with Crippen molar-refractivity contribution in [2.75, 3.05) is 17.2 Å². The fraction of sp³-hybridized carbons (Fsp3) is 0.318. The average molecular weight is 440 g/mol. The largest absolute Gasteiger partial charge is 0.457 e. The molecule has 0 radical (unpaired) electrons. The van der Waals surface area contributed by atoms with Crippen molar-refractivity contribution in [1.29, 1.82) is 0 Å². The second-order valence-electron chi connectivity index (χ2n) is 7.05. The summed E-state index contributed by atoms with van der Waals surface area (Å²) in [6.45, 7) is 6.31. The fourth-order valence-electron chi connectivity index (χ4n) is 2.86. The lowest BCUT2D eigenvalue weighted by molar-refractivity contribution is -0.116. The van der Waals surface area contributed by atoms with E-state index in [4.69, 9.17) is 4.74 Å². The van der Waals surface area contributed by atoms with Crippen LogP contribution in [0.1, 0.15) is 45.2 Å². The molecule has 3 aromatic rings. The molecule has 3 rings (SSSR count). The predicted octanol–water partition coefficient (Wildman–Crippen LogP) is 4.05. The Bertz CT molecular complexity index is 1030. The van der Waals surface area contributed by atoms with Crippen molar-refractivity contribution in [2.45, 2.75) is 40.2 Å². The number of nitrogens with zero attached hydrogens (tertiary/aromatic N) is 3. The average Bonchev–Trinajstić information content (AvgIpc) is 3.09. The van der Waals surface area contributed by atoms with Crippen molar-refractivity contribution in [3.63, 3.8) is 0 Å². The third-order valence-electron chi connectivity index (χ3n) is 4.29. The molecule has 0 spiro atoms. The number of thiazole rings is 1. The van der Waals surface area contributed by atoms with E-state index < -0.39 is 5.97 Å². The zero-order chi connectivity index (χ0) is 22.2. The number of hydrogen-bond acceptors (Lipinski definition) is 8. The molecule has 8 nitrogen and oxygen atoms in total. The molecule has 0 bridgehead atoms. The van der Waals surface area contributed by atoms with Crippen LogP contribution in [0, 0.1) is 20.8 Å². The quantitative estimate of drug-likeness (QED) is 0.383.